The van der Waals surface area contributed by atoms with Crippen molar-refractivity contribution in [2.45, 2.75) is 36.7 Å². The number of rotatable bonds is 16. The van der Waals surface area contributed by atoms with Gasteiger partial charge in [-0.2, -0.15) is 10.2 Å². The van der Waals surface area contributed by atoms with Crippen LogP contribution in [0, 0.1) is 13.8 Å². The molecule has 0 fully saturated rings. The van der Waals surface area contributed by atoms with Gasteiger partial charge in [0.1, 0.15) is 26.3 Å². The maximum atomic E-state index is 12.3. The van der Waals surface area contributed by atoms with Crippen molar-refractivity contribution in [3.8, 4) is 45.3 Å². The zero-order valence-electron chi connectivity index (χ0n) is 36.9. The summed E-state index contributed by atoms with van der Waals surface area (Å²) in [7, 11) is 5.39. The molecule has 2 N–H and O–H groups in total. The van der Waals surface area contributed by atoms with E-state index >= 15 is 0 Å². The van der Waals surface area contributed by atoms with E-state index in [1.54, 1.807) is 45.8 Å². The fourth-order valence-electron chi connectivity index (χ4n) is 6.04. The van der Waals surface area contributed by atoms with E-state index in [9.17, 15) is 26.4 Å². The number of carbonyl (C=O) groups is 2. The monoisotopic (exact) mass is 996 g/mol. The summed E-state index contributed by atoms with van der Waals surface area (Å²) >= 11 is 6.75. The van der Waals surface area contributed by atoms with Gasteiger partial charge in [-0.3, -0.25) is 19.0 Å². The summed E-state index contributed by atoms with van der Waals surface area (Å²) in [5, 5.41) is 8.86. The summed E-state index contributed by atoms with van der Waals surface area (Å²) < 4.78 is 64.7. The van der Waals surface area contributed by atoms with Gasteiger partial charge in [-0.15, -0.1) is 0 Å². The number of esters is 2. The molecule has 0 aliphatic rings. The number of aromatic nitrogens is 6. The van der Waals surface area contributed by atoms with Crippen LogP contribution in [-0.4, -0.2) is 143 Å². The number of aryl methyl sites for hydroxylation is 2. The second-order valence-electron chi connectivity index (χ2n) is 15.1. The number of nitrogens with one attached hydrogen (secondary N) is 2. The molecule has 0 saturated heterocycles. The van der Waals surface area contributed by atoms with Crippen molar-refractivity contribution in [3.05, 3.63) is 94.7 Å². The molecule has 6 rings (SSSR count). The molecule has 0 saturated carbocycles. The number of carbonyl (C=O) groups excluding carboxylic acids is 2. The third-order valence-electron chi connectivity index (χ3n) is 9.17. The second-order valence-corrected chi connectivity index (χ2v) is 20.1. The van der Waals surface area contributed by atoms with Crippen LogP contribution in [-0.2, 0) is 51.8 Å². The SMILES string of the molecule is Cc1cc(-c2ccc(-c3cccc(S(C)(=O)=O)c3)[nH]2)n(CC(=O)OCCN(C)C)n1.Cc1nn(CC(=O)OCCN(C)C)c(-c2ccc(-c3cccc(S(C)(=O)=O)c3)[nH]2)c1Br.[B]=NS. The van der Waals surface area contributed by atoms with Gasteiger partial charge in [0.2, 0.25) is 0 Å². The molecule has 4 aromatic heterocycles. The summed E-state index contributed by atoms with van der Waals surface area (Å²) in [5.41, 5.74) is 7.54. The number of halogens is 1. The Hall–Kier alpha value is -5.13. The third kappa shape index (κ3) is 15.0. The number of sulfone groups is 2. The average Bonchev–Trinajstić information content (AvgIpc) is 4.02. The third-order valence-corrected chi connectivity index (χ3v) is 12.3. The molecule has 6 aromatic rings. The van der Waals surface area contributed by atoms with E-state index in [2.05, 4.69) is 60.8 Å². The van der Waals surface area contributed by atoms with Gasteiger partial charge in [-0.1, -0.05) is 24.3 Å². The average molecular weight is 998 g/mol. The Labute approximate surface area is 389 Å². The number of likely N-dealkylation sites (N-methyl/N-ethyl adjacent to an activating group) is 2. The number of thiol groups is 1. The minimum atomic E-state index is -3.31. The van der Waals surface area contributed by atoms with Crippen LogP contribution in [0.5, 0.6) is 0 Å². The Kier molecular flexibility index (Phi) is 18.7. The van der Waals surface area contributed by atoms with Crippen molar-refractivity contribution in [2.75, 3.05) is 67.0 Å². The molecular weight excluding hydrogens is 945 g/mol. The molecule has 1 radical (unpaired) electrons. The fourth-order valence-corrected chi connectivity index (χ4v) is 7.87. The molecule has 0 aliphatic carbocycles. The van der Waals surface area contributed by atoms with Crippen LogP contribution in [0.3, 0.4) is 0 Å². The van der Waals surface area contributed by atoms with Crippen LogP contribution < -0.4 is 0 Å². The van der Waals surface area contributed by atoms with Crippen molar-refractivity contribution in [2.24, 2.45) is 4.30 Å². The topological polar surface area (TPSA) is 207 Å². The standard InChI is InChI=1S/C21H25BrN4O4S.C21H26N4O4S.BHNS/c1-14-20(22)21(26(24-14)13-19(27)30-11-10-25(2)3)18-9-8-17(23-18)15-6-5-7-16(12-15)31(4,28)29;1-15-12-20(25(23-15)14-21(26)29-11-10-24(2)3)19-9-8-18(22-19)16-6-5-7-17(13-16)30(4,27)28;1-2-3/h5-9,12,23H,10-11,13H2,1-4H3;5-9,12-13,22H,10-11,14H2,1-4H3;3H. The normalized spacial score (nSPS) is 11.4. The maximum absolute atomic E-state index is 12.3. The van der Waals surface area contributed by atoms with Crippen LogP contribution in [0.1, 0.15) is 11.4 Å². The van der Waals surface area contributed by atoms with E-state index < -0.39 is 19.7 Å². The van der Waals surface area contributed by atoms with Crippen molar-refractivity contribution < 1.29 is 35.9 Å². The first-order chi connectivity index (χ1) is 30.1. The van der Waals surface area contributed by atoms with Gasteiger partial charge in [0.15, 0.2) is 19.7 Å². The molecule has 2 aromatic carbocycles. The van der Waals surface area contributed by atoms with Crippen LogP contribution in [0.4, 0.5) is 0 Å². The first kappa shape index (κ1) is 51.5. The van der Waals surface area contributed by atoms with Gasteiger partial charge in [0, 0.05) is 37.0 Å². The minimum absolute atomic E-state index is 0.00845. The number of aromatic amines is 2. The number of ether oxygens (including phenoxy) is 2. The van der Waals surface area contributed by atoms with Gasteiger partial charge >= 0.3 is 36.7 Å². The number of hydrogen-bond donors (Lipinski definition) is 3. The Morgan fingerprint density at radius 3 is 1.62 bits per heavy atom. The van der Waals surface area contributed by atoms with E-state index in [4.69, 9.17) is 9.47 Å². The van der Waals surface area contributed by atoms with Gasteiger partial charge in [0.25, 0.3) is 0 Å². The second kappa shape index (κ2) is 23.2. The number of nitrogens with zero attached hydrogens (tertiary/aromatic N) is 7. The molecule has 17 nitrogen and oxygen atoms in total. The predicted molar refractivity (Wildman–Crippen MR) is 254 cm³/mol. The van der Waals surface area contributed by atoms with Crippen LogP contribution in [0.15, 0.2) is 97.4 Å². The summed E-state index contributed by atoms with van der Waals surface area (Å²) in [5.74, 6) is -0.723. The number of benzene rings is 2. The summed E-state index contributed by atoms with van der Waals surface area (Å²) in [4.78, 5) is 35.4. The molecule has 0 spiro atoms. The Bertz CT molecular complexity index is 2780. The number of H-pyrrole nitrogens is 2. The van der Waals surface area contributed by atoms with Gasteiger partial charge in [0.05, 0.1) is 48.4 Å². The van der Waals surface area contributed by atoms with Crippen molar-refractivity contribution in [3.63, 3.8) is 0 Å². The van der Waals surface area contributed by atoms with E-state index in [0.717, 1.165) is 55.5 Å². The van der Waals surface area contributed by atoms with Gasteiger partial charge < -0.3 is 29.2 Å². The van der Waals surface area contributed by atoms with Crippen molar-refractivity contribution >= 4 is 68.0 Å². The predicted octanol–water partition coefficient (Wildman–Crippen LogP) is 5.67. The molecule has 0 atom stereocenters. The summed E-state index contributed by atoms with van der Waals surface area (Å²) in [6.07, 6.45) is 2.37. The molecule has 0 unspecified atom stereocenters. The van der Waals surface area contributed by atoms with Gasteiger partial charge in [-0.25, -0.2) is 16.8 Å². The van der Waals surface area contributed by atoms with Crippen molar-refractivity contribution in [1.82, 2.24) is 39.3 Å². The molecule has 341 valence electrons. The Morgan fingerprint density at radius 2 is 1.16 bits per heavy atom. The van der Waals surface area contributed by atoms with E-state index in [-0.39, 0.29) is 34.8 Å². The van der Waals surface area contributed by atoms with E-state index in [0.29, 0.717) is 32.0 Å². The Balaban J connectivity index is 0.000000265. The quantitative estimate of drug-likeness (QED) is 0.0610. The van der Waals surface area contributed by atoms with Crippen LogP contribution in [0.2, 0.25) is 0 Å². The first-order valence-electron chi connectivity index (χ1n) is 19.5. The molecule has 0 amide bonds. The molecule has 4 heterocycles. The van der Waals surface area contributed by atoms with Crippen LogP contribution in [0.25, 0.3) is 45.3 Å². The van der Waals surface area contributed by atoms with Crippen LogP contribution >= 0.6 is 28.7 Å². The Morgan fingerprint density at radius 1 is 0.719 bits per heavy atom. The zero-order valence-corrected chi connectivity index (χ0v) is 41.0. The number of hydrogen-bond acceptors (Lipinski definition) is 14. The van der Waals surface area contributed by atoms with E-state index in [1.165, 1.54) is 12.5 Å². The zero-order chi connectivity index (χ0) is 47.4. The first-order valence-corrected chi connectivity index (χ1v) is 24.5. The molecule has 64 heavy (non-hydrogen) atoms. The van der Waals surface area contributed by atoms with Crippen molar-refractivity contribution in [1.29, 1.82) is 0 Å². The molecule has 0 bridgehead atoms. The van der Waals surface area contributed by atoms with E-state index in [1.807, 2.05) is 94.3 Å². The summed E-state index contributed by atoms with van der Waals surface area (Å²) in [6, 6.07) is 22.9. The summed E-state index contributed by atoms with van der Waals surface area (Å²) in [6.45, 7) is 5.63. The molecule has 22 heteroatoms. The van der Waals surface area contributed by atoms with Gasteiger partial charge in [-0.05, 0) is 124 Å². The molecular formula is C42H52BBrN9O8S3. The molecule has 0 aliphatic heterocycles. The fraction of sp³-hybridized carbons (Fsp3) is 0.333.